The fraction of sp³-hybridized carbons (Fsp3) is 0.818. The Hall–Kier alpha value is -1.24. The van der Waals surface area contributed by atoms with E-state index in [0.29, 0.717) is 13.1 Å². The Balaban J connectivity index is 4.42. The van der Waals surface area contributed by atoms with Crippen LogP contribution in [0.4, 0.5) is 4.79 Å². The Kier molecular flexibility index (Phi) is 5.13. The number of nitrogens with zero attached hydrogens (tertiary/aromatic N) is 2. The van der Waals surface area contributed by atoms with E-state index in [2.05, 4.69) is 4.85 Å². The van der Waals surface area contributed by atoms with Crippen LogP contribution >= 0.6 is 0 Å². The van der Waals surface area contributed by atoms with Crippen LogP contribution in [0.25, 0.3) is 4.85 Å². The topological polar surface area (TPSA) is 33.9 Å². The van der Waals surface area contributed by atoms with E-state index < -0.39 is 5.60 Å². The van der Waals surface area contributed by atoms with E-state index in [4.69, 9.17) is 11.3 Å². The predicted octanol–water partition coefficient (Wildman–Crippen LogP) is 2.55. The van der Waals surface area contributed by atoms with E-state index in [9.17, 15) is 4.79 Å². The van der Waals surface area contributed by atoms with Crippen molar-refractivity contribution in [2.45, 2.75) is 46.3 Å². The summed E-state index contributed by atoms with van der Waals surface area (Å²) in [5, 5.41) is 0. The number of likely N-dealkylation sites (N-methyl/N-ethyl adjacent to an activating group) is 1. The lowest BCUT2D eigenvalue weighted by Crippen LogP contribution is -2.43. The van der Waals surface area contributed by atoms with Crippen molar-refractivity contribution in [2.75, 3.05) is 13.1 Å². The number of hydrogen-bond donors (Lipinski definition) is 0. The van der Waals surface area contributed by atoms with Gasteiger partial charge in [-0.3, -0.25) is 4.90 Å². The first-order chi connectivity index (χ1) is 6.81. The molecule has 0 heterocycles. The van der Waals surface area contributed by atoms with Gasteiger partial charge in [0.15, 0.2) is 0 Å². The Morgan fingerprint density at radius 3 is 2.40 bits per heavy atom. The standard InChI is InChI=1S/C11H20N2O2/c1-7-13(9(2)8-12-6)10(14)15-11(3,4)5/h9H,7-8H2,1-5H3/t9-/m1/s1. The molecule has 86 valence electrons. The van der Waals surface area contributed by atoms with E-state index in [0.717, 1.165) is 0 Å². The molecule has 4 nitrogen and oxygen atoms in total. The fourth-order valence-corrected chi connectivity index (χ4v) is 1.17. The maximum Gasteiger partial charge on any atom is 0.410 e. The molecule has 0 saturated carbocycles. The minimum absolute atomic E-state index is 0.0950. The SMILES string of the molecule is [C-]#[N+]C[C@@H](C)N(CC)C(=O)OC(C)(C)C. The van der Waals surface area contributed by atoms with Crippen LogP contribution < -0.4 is 0 Å². The third-order valence-corrected chi connectivity index (χ3v) is 1.86. The highest BCUT2D eigenvalue weighted by molar-refractivity contribution is 5.68. The first-order valence-electron chi connectivity index (χ1n) is 5.14. The number of hydrogen-bond acceptors (Lipinski definition) is 2. The Morgan fingerprint density at radius 2 is 2.07 bits per heavy atom. The van der Waals surface area contributed by atoms with Crippen LogP contribution in [0.2, 0.25) is 0 Å². The molecule has 0 radical (unpaired) electrons. The van der Waals surface area contributed by atoms with Crippen LogP contribution in [-0.4, -0.2) is 35.7 Å². The van der Waals surface area contributed by atoms with Crippen molar-refractivity contribution in [1.82, 2.24) is 4.90 Å². The van der Waals surface area contributed by atoms with E-state index in [1.807, 2.05) is 34.6 Å². The normalized spacial score (nSPS) is 12.8. The van der Waals surface area contributed by atoms with Crippen LogP contribution in [0.5, 0.6) is 0 Å². The van der Waals surface area contributed by atoms with Crippen LogP contribution in [0.15, 0.2) is 0 Å². The van der Waals surface area contributed by atoms with Gasteiger partial charge in [-0.15, -0.1) is 0 Å². The van der Waals surface area contributed by atoms with E-state index in [1.54, 1.807) is 4.90 Å². The summed E-state index contributed by atoms with van der Waals surface area (Å²) in [4.78, 5) is 16.6. The van der Waals surface area contributed by atoms with Crippen LogP contribution in [0.3, 0.4) is 0 Å². The van der Waals surface area contributed by atoms with Gasteiger partial charge in [0.25, 0.3) is 0 Å². The van der Waals surface area contributed by atoms with Gasteiger partial charge in [-0.25, -0.2) is 11.4 Å². The smallest absolute Gasteiger partial charge is 0.410 e. The molecule has 0 spiro atoms. The van der Waals surface area contributed by atoms with Crippen molar-refractivity contribution in [3.63, 3.8) is 0 Å². The first kappa shape index (κ1) is 13.8. The monoisotopic (exact) mass is 212 g/mol. The highest BCUT2D eigenvalue weighted by Gasteiger charge is 2.25. The Morgan fingerprint density at radius 1 is 1.53 bits per heavy atom. The lowest BCUT2D eigenvalue weighted by atomic mass is 10.2. The minimum Gasteiger partial charge on any atom is -0.444 e. The average molecular weight is 212 g/mol. The van der Waals surface area contributed by atoms with Gasteiger partial charge in [0.1, 0.15) is 11.6 Å². The molecule has 0 saturated heterocycles. The van der Waals surface area contributed by atoms with Crippen molar-refractivity contribution in [1.29, 1.82) is 0 Å². The summed E-state index contributed by atoms with van der Waals surface area (Å²) >= 11 is 0. The highest BCUT2D eigenvalue weighted by Crippen LogP contribution is 2.11. The summed E-state index contributed by atoms with van der Waals surface area (Å²) in [5.41, 5.74) is -0.484. The molecule has 0 rings (SSSR count). The van der Waals surface area contributed by atoms with Gasteiger partial charge in [-0.1, -0.05) is 0 Å². The molecule has 0 bridgehead atoms. The zero-order chi connectivity index (χ0) is 12.1. The average Bonchev–Trinajstić information content (AvgIpc) is 2.02. The van der Waals surface area contributed by atoms with Gasteiger partial charge < -0.3 is 9.58 Å². The summed E-state index contributed by atoms with van der Waals surface area (Å²) < 4.78 is 5.24. The molecule has 15 heavy (non-hydrogen) atoms. The third-order valence-electron chi connectivity index (χ3n) is 1.86. The summed E-state index contributed by atoms with van der Waals surface area (Å²) in [7, 11) is 0. The molecule has 0 aromatic carbocycles. The summed E-state index contributed by atoms with van der Waals surface area (Å²) in [6.45, 7) is 16.9. The molecule has 0 aromatic heterocycles. The second kappa shape index (κ2) is 5.59. The molecule has 0 aliphatic heterocycles. The van der Waals surface area contributed by atoms with E-state index in [1.165, 1.54) is 0 Å². The zero-order valence-corrected chi connectivity index (χ0v) is 10.2. The number of carbonyl (C=O) groups is 1. The van der Waals surface area contributed by atoms with Gasteiger partial charge in [0, 0.05) is 6.54 Å². The minimum atomic E-state index is -0.484. The molecule has 0 N–H and O–H groups in total. The largest absolute Gasteiger partial charge is 0.444 e. The van der Waals surface area contributed by atoms with Gasteiger partial charge >= 0.3 is 6.09 Å². The van der Waals surface area contributed by atoms with Crippen LogP contribution in [0.1, 0.15) is 34.6 Å². The van der Waals surface area contributed by atoms with Crippen molar-refractivity contribution in [2.24, 2.45) is 0 Å². The Labute approximate surface area is 92.0 Å². The molecule has 0 fully saturated rings. The van der Waals surface area contributed by atoms with Gasteiger partial charge in [-0.05, 0) is 34.6 Å². The molecule has 0 aliphatic rings. The highest BCUT2D eigenvalue weighted by atomic mass is 16.6. The van der Waals surface area contributed by atoms with E-state index in [-0.39, 0.29) is 12.1 Å². The van der Waals surface area contributed by atoms with Crippen LogP contribution in [0, 0.1) is 6.57 Å². The number of amides is 1. The fourth-order valence-electron chi connectivity index (χ4n) is 1.17. The molecule has 0 unspecified atom stereocenters. The quantitative estimate of drug-likeness (QED) is 0.674. The second-order valence-electron chi connectivity index (χ2n) is 4.46. The molecular weight excluding hydrogens is 192 g/mol. The van der Waals surface area contributed by atoms with E-state index >= 15 is 0 Å². The van der Waals surface area contributed by atoms with Crippen LogP contribution in [-0.2, 0) is 4.74 Å². The van der Waals surface area contributed by atoms with Gasteiger partial charge in [-0.2, -0.15) is 0 Å². The lowest BCUT2D eigenvalue weighted by Gasteiger charge is -2.28. The van der Waals surface area contributed by atoms with Gasteiger partial charge in [0.05, 0.1) is 0 Å². The maximum absolute atomic E-state index is 11.7. The number of ether oxygens (including phenoxy) is 1. The lowest BCUT2D eigenvalue weighted by molar-refractivity contribution is 0.0201. The summed E-state index contributed by atoms with van der Waals surface area (Å²) in [5.74, 6) is 0. The predicted molar refractivity (Wildman–Crippen MR) is 59.5 cm³/mol. The first-order valence-corrected chi connectivity index (χ1v) is 5.14. The third kappa shape index (κ3) is 5.26. The molecule has 0 aliphatic carbocycles. The molecule has 0 aromatic rings. The maximum atomic E-state index is 11.7. The number of carbonyl (C=O) groups excluding carboxylic acids is 1. The van der Waals surface area contributed by atoms with Crippen molar-refractivity contribution in [3.05, 3.63) is 11.4 Å². The van der Waals surface area contributed by atoms with Crippen molar-refractivity contribution >= 4 is 6.09 Å². The zero-order valence-electron chi connectivity index (χ0n) is 10.2. The summed E-state index contributed by atoms with van der Waals surface area (Å²) in [6, 6.07) is -0.0950. The van der Waals surface area contributed by atoms with Crippen molar-refractivity contribution < 1.29 is 9.53 Å². The molecule has 1 amide bonds. The second-order valence-corrected chi connectivity index (χ2v) is 4.46. The van der Waals surface area contributed by atoms with Crippen molar-refractivity contribution in [3.8, 4) is 0 Å². The molecular formula is C11H20N2O2. The number of rotatable bonds is 3. The van der Waals surface area contributed by atoms with Gasteiger partial charge in [0.2, 0.25) is 6.54 Å². The molecule has 4 heteroatoms. The molecule has 1 atom stereocenters. The summed E-state index contributed by atoms with van der Waals surface area (Å²) in [6.07, 6.45) is -0.346. The Bertz CT molecular complexity index is 250.